The lowest BCUT2D eigenvalue weighted by Crippen LogP contribution is -2.52. The summed E-state index contributed by atoms with van der Waals surface area (Å²) in [5.74, 6) is -1.56. The van der Waals surface area contributed by atoms with E-state index in [2.05, 4.69) is 9.97 Å². The number of phenolic OH excluding ortho intramolecular Hbond substituents is 2. The highest BCUT2D eigenvalue weighted by molar-refractivity contribution is 6.25. The van der Waals surface area contributed by atoms with Crippen molar-refractivity contribution in [3.05, 3.63) is 108 Å². The second-order valence-electron chi connectivity index (χ2n) is 10.8. The lowest BCUT2D eigenvalue weighted by Gasteiger charge is -2.28. The number of rotatable bonds is 4. The van der Waals surface area contributed by atoms with Crippen molar-refractivity contribution < 1.29 is 24.4 Å². The number of fused-ring (bicyclic) bond motifs is 5. The summed E-state index contributed by atoms with van der Waals surface area (Å²) in [6, 6.07) is 19.7. The lowest BCUT2D eigenvalue weighted by molar-refractivity contribution is -0.555. The van der Waals surface area contributed by atoms with Crippen LogP contribution in [0, 0.1) is 0 Å². The highest BCUT2D eigenvalue weighted by atomic mass is 16.3. The minimum Gasteiger partial charge on any atom is -0.507 e. The zero-order valence-electron chi connectivity index (χ0n) is 22.6. The maximum atomic E-state index is 14.3. The van der Waals surface area contributed by atoms with Gasteiger partial charge in [-0.25, -0.2) is 19.4 Å². The monoisotopic (exact) mass is 567 g/mol. The fourth-order valence-corrected chi connectivity index (χ4v) is 6.26. The highest BCUT2D eigenvalue weighted by Crippen LogP contribution is 2.44. The van der Waals surface area contributed by atoms with E-state index in [0.717, 1.165) is 11.0 Å². The summed E-state index contributed by atoms with van der Waals surface area (Å²) < 4.78 is 1.76. The molecule has 208 valence electrons. The van der Waals surface area contributed by atoms with Crippen molar-refractivity contribution in [3.8, 4) is 11.5 Å². The Kier molecular flexibility index (Phi) is 5.45. The molecule has 8 rings (SSSR count). The molecule has 4 aromatic carbocycles. The summed E-state index contributed by atoms with van der Waals surface area (Å²) in [6.07, 6.45) is 5.05. The third-order valence-electron chi connectivity index (χ3n) is 8.19. The molecule has 43 heavy (non-hydrogen) atoms. The van der Waals surface area contributed by atoms with Crippen molar-refractivity contribution in [1.82, 2.24) is 24.8 Å². The largest absolute Gasteiger partial charge is 0.507 e. The molecule has 10 heteroatoms. The van der Waals surface area contributed by atoms with Crippen LogP contribution >= 0.6 is 0 Å². The van der Waals surface area contributed by atoms with Gasteiger partial charge in [-0.2, -0.15) is 0 Å². The summed E-state index contributed by atoms with van der Waals surface area (Å²) in [5.41, 5.74) is 3.80. The molecule has 0 radical (unpaired) electrons. The molecule has 2 atom stereocenters. The fraction of sp³-hybridized carbons (Fsp3) is 0.121. The number of phenols is 2. The van der Waals surface area contributed by atoms with E-state index in [9.17, 15) is 19.8 Å². The van der Waals surface area contributed by atoms with Gasteiger partial charge in [0.25, 0.3) is 0 Å². The van der Waals surface area contributed by atoms with Crippen molar-refractivity contribution >= 4 is 50.7 Å². The summed E-state index contributed by atoms with van der Waals surface area (Å²) in [5, 5.41) is 23.1. The van der Waals surface area contributed by atoms with Crippen LogP contribution in [0.2, 0.25) is 0 Å². The number of hydrogen-bond donors (Lipinski definition) is 2. The van der Waals surface area contributed by atoms with Crippen LogP contribution in [0.3, 0.4) is 0 Å². The second-order valence-corrected chi connectivity index (χ2v) is 10.8. The molecule has 0 spiro atoms. The van der Waals surface area contributed by atoms with Gasteiger partial charge in [0.1, 0.15) is 36.0 Å². The maximum Gasteiger partial charge on any atom is 0.236 e. The Bertz CT molecular complexity index is 2200. The SMILES string of the molecule is O=C1c2c(c(O)c3ccccc3c2O)C(=O)C2C1N(Cc1cnc3ccccc3n1)C=[N+]2Cc1cnc2ccccc2n1. The Morgan fingerprint density at radius 2 is 1.19 bits per heavy atom. The predicted molar refractivity (Wildman–Crippen MR) is 158 cm³/mol. The number of aromatic nitrogens is 4. The van der Waals surface area contributed by atoms with E-state index >= 15 is 0 Å². The van der Waals surface area contributed by atoms with Gasteiger partial charge in [0.2, 0.25) is 30.0 Å². The normalized spacial score (nSPS) is 17.9. The molecule has 2 unspecified atom stereocenters. The van der Waals surface area contributed by atoms with Crippen LogP contribution in [0.5, 0.6) is 11.5 Å². The molecule has 1 aliphatic carbocycles. The first-order valence-electron chi connectivity index (χ1n) is 13.8. The van der Waals surface area contributed by atoms with E-state index in [0.29, 0.717) is 33.2 Å². The van der Waals surface area contributed by atoms with Gasteiger partial charge >= 0.3 is 0 Å². The minimum absolute atomic E-state index is 0.169. The Labute approximate surface area is 244 Å². The minimum atomic E-state index is -0.979. The first-order chi connectivity index (χ1) is 21.0. The molecule has 0 fully saturated rings. The molecule has 2 aromatic heterocycles. The van der Waals surface area contributed by atoms with Crippen LogP contribution in [0.15, 0.2) is 85.2 Å². The molecule has 2 N–H and O–H groups in total. The molecule has 0 bridgehead atoms. The average Bonchev–Trinajstić information content (AvgIpc) is 3.39. The number of benzene rings is 4. The summed E-state index contributed by atoms with van der Waals surface area (Å²) >= 11 is 0. The zero-order chi connectivity index (χ0) is 29.2. The number of hydrogen-bond acceptors (Lipinski definition) is 9. The van der Waals surface area contributed by atoms with Gasteiger partial charge in [0.15, 0.2) is 0 Å². The molecule has 2 aliphatic rings. The highest BCUT2D eigenvalue weighted by Gasteiger charge is 2.57. The van der Waals surface area contributed by atoms with Gasteiger partial charge in [-0.3, -0.25) is 19.6 Å². The summed E-state index contributed by atoms with van der Waals surface area (Å²) in [6.45, 7) is 0.376. The van der Waals surface area contributed by atoms with Crippen molar-refractivity contribution in [2.75, 3.05) is 0 Å². The van der Waals surface area contributed by atoms with E-state index in [1.165, 1.54) is 0 Å². The summed E-state index contributed by atoms with van der Waals surface area (Å²) in [7, 11) is 0. The number of aromatic hydroxyl groups is 2. The third-order valence-corrected chi connectivity index (χ3v) is 8.19. The van der Waals surface area contributed by atoms with Crippen molar-refractivity contribution in [3.63, 3.8) is 0 Å². The number of carbonyl (C=O) groups excluding carboxylic acids is 2. The number of Topliss-reactive ketones (excluding diaryl/α,β-unsaturated/α-hetero) is 2. The van der Waals surface area contributed by atoms with Gasteiger partial charge in [-0.05, 0) is 24.3 Å². The Hall–Kier alpha value is -5.77. The van der Waals surface area contributed by atoms with Crippen LogP contribution in [-0.4, -0.2) is 69.6 Å². The number of para-hydroxylation sites is 4. The average molecular weight is 568 g/mol. The van der Waals surface area contributed by atoms with Gasteiger partial charge < -0.3 is 10.2 Å². The number of carbonyl (C=O) groups is 2. The molecule has 1 aliphatic heterocycles. The molecule has 3 heterocycles. The van der Waals surface area contributed by atoms with Crippen LogP contribution < -0.4 is 0 Å². The molecule has 0 saturated heterocycles. The van der Waals surface area contributed by atoms with E-state index in [1.807, 2.05) is 48.5 Å². The van der Waals surface area contributed by atoms with E-state index < -0.39 is 23.7 Å². The van der Waals surface area contributed by atoms with Crippen LogP contribution in [0.4, 0.5) is 0 Å². The first kappa shape index (κ1) is 25.0. The van der Waals surface area contributed by atoms with Crippen molar-refractivity contribution in [1.29, 1.82) is 0 Å². The quantitative estimate of drug-likeness (QED) is 0.240. The van der Waals surface area contributed by atoms with Gasteiger partial charge in [-0.15, -0.1) is 0 Å². The standard InChI is InChI=1S/C33H22N6O4/c40-30-20-7-1-2-8-21(20)31(41)27-26(30)32(42)28-29(33(27)43)39(16-19-14-35-23-10-4-6-12-25(23)37-19)17-38(28)15-18-13-34-22-9-3-5-11-24(22)36-18/h1-14,17,28-29H,15-16H2,(H-,34,35,36,37,40,41,42,43)/p+1. The Morgan fingerprint density at radius 1 is 0.674 bits per heavy atom. The molecule has 6 aromatic rings. The Balaban J connectivity index is 1.26. The van der Waals surface area contributed by atoms with Crippen molar-refractivity contribution in [2.24, 2.45) is 0 Å². The smallest absolute Gasteiger partial charge is 0.236 e. The first-order valence-corrected chi connectivity index (χ1v) is 13.8. The summed E-state index contributed by atoms with van der Waals surface area (Å²) in [4.78, 5) is 48.8. The van der Waals surface area contributed by atoms with Crippen LogP contribution in [0.25, 0.3) is 32.8 Å². The predicted octanol–water partition coefficient (Wildman–Crippen LogP) is 4.01. The molecule has 10 nitrogen and oxygen atoms in total. The third kappa shape index (κ3) is 3.83. The second kappa shape index (κ2) is 9.38. The van der Waals surface area contributed by atoms with E-state index in [4.69, 9.17) is 9.97 Å². The maximum absolute atomic E-state index is 14.3. The van der Waals surface area contributed by atoms with E-state index in [-0.39, 0.29) is 35.7 Å². The Morgan fingerprint density at radius 3 is 1.81 bits per heavy atom. The van der Waals surface area contributed by atoms with Gasteiger partial charge in [-0.1, -0.05) is 48.5 Å². The van der Waals surface area contributed by atoms with Gasteiger partial charge in [0.05, 0.1) is 45.6 Å². The molecular formula is C33H23N6O4+. The lowest BCUT2D eigenvalue weighted by atomic mass is 9.79. The molecular weight excluding hydrogens is 544 g/mol. The topological polar surface area (TPSA) is 132 Å². The molecule has 0 saturated carbocycles. The van der Waals surface area contributed by atoms with Gasteiger partial charge in [0, 0.05) is 10.8 Å². The van der Waals surface area contributed by atoms with E-state index in [1.54, 1.807) is 52.5 Å². The van der Waals surface area contributed by atoms with Crippen LogP contribution in [-0.2, 0) is 13.1 Å². The number of ketones is 2. The fourth-order valence-electron chi connectivity index (χ4n) is 6.26. The zero-order valence-corrected chi connectivity index (χ0v) is 22.6. The van der Waals surface area contributed by atoms with Crippen molar-refractivity contribution in [2.45, 2.75) is 25.2 Å². The number of nitrogens with zero attached hydrogens (tertiary/aromatic N) is 6. The molecule has 0 amide bonds. The van der Waals surface area contributed by atoms with Crippen LogP contribution in [0.1, 0.15) is 32.1 Å².